The van der Waals surface area contributed by atoms with Crippen molar-refractivity contribution in [1.82, 2.24) is 0 Å². The Kier molecular flexibility index (Phi) is 8.02. The fraction of sp³-hybridized carbons (Fsp3) is 0.174. The van der Waals surface area contributed by atoms with Crippen LogP contribution in [0.1, 0.15) is 16.7 Å². The Morgan fingerprint density at radius 3 is 2.25 bits per heavy atom. The number of aliphatic hydroxyl groups is 1. The van der Waals surface area contributed by atoms with Gasteiger partial charge in [-0.1, -0.05) is 72.8 Å². The standard InChI is InChI=1S/C23H25N3O.HI/c1-18-9-8-14-21(15-18)26-22(24)25-17-23(27,20-12-6-3-7-13-20)16-19-10-4-2-5-11-19;/h2-15,27H,16-17H2,1H3,(H3,24,25,26);1H. The normalized spacial score (nSPS) is 13.3. The van der Waals surface area contributed by atoms with Crippen molar-refractivity contribution >= 4 is 35.6 Å². The van der Waals surface area contributed by atoms with Crippen molar-refractivity contribution < 1.29 is 5.11 Å². The van der Waals surface area contributed by atoms with Gasteiger partial charge in [-0.2, -0.15) is 0 Å². The molecule has 3 aromatic carbocycles. The first-order valence-electron chi connectivity index (χ1n) is 9.01. The van der Waals surface area contributed by atoms with Gasteiger partial charge in [0.05, 0.1) is 6.54 Å². The lowest BCUT2D eigenvalue weighted by molar-refractivity contribution is 0.0468. The van der Waals surface area contributed by atoms with E-state index in [0.717, 1.165) is 22.4 Å². The molecule has 0 aromatic heterocycles. The van der Waals surface area contributed by atoms with Gasteiger partial charge in [0.1, 0.15) is 5.60 Å². The lowest BCUT2D eigenvalue weighted by Crippen LogP contribution is -2.34. The second-order valence-electron chi connectivity index (χ2n) is 6.76. The highest BCUT2D eigenvalue weighted by Crippen LogP contribution is 2.26. The highest BCUT2D eigenvalue weighted by molar-refractivity contribution is 14.0. The monoisotopic (exact) mass is 487 g/mol. The van der Waals surface area contributed by atoms with E-state index in [2.05, 4.69) is 10.3 Å². The lowest BCUT2D eigenvalue weighted by atomic mass is 9.87. The Hall–Kier alpha value is -2.38. The van der Waals surface area contributed by atoms with Crippen LogP contribution < -0.4 is 11.1 Å². The van der Waals surface area contributed by atoms with Gasteiger partial charge < -0.3 is 16.2 Å². The summed E-state index contributed by atoms with van der Waals surface area (Å²) in [5.41, 5.74) is 8.80. The first-order chi connectivity index (χ1) is 13.0. The van der Waals surface area contributed by atoms with E-state index in [1.165, 1.54) is 0 Å². The van der Waals surface area contributed by atoms with Crippen LogP contribution in [-0.2, 0) is 12.0 Å². The Morgan fingerprint density at radius 1 is 0.964 bits per heavy atom. The van der Waals surface area contributed by atoms with Gasteiger partial charge in [0.15, 0.2) is 5.96 Å². The molecule has 0 heterocycles. The summed E-state index contributed by atoms with van der Waals surface area (Å²) >= 11 is 0. The molecule has 5 heteroatoms. The number of guanidine groups is 1. The first-order valence-corrected chi connectivity index (χ1v) is 9.01. The van der Waals surface area contributed by atoms with Crippen LogP contribution in [0.2, 0.25) is 0 Å². The molecule has 0 amide bonds. The molecule has 0 aliphatic rings. The Balaban J connectivity index is 0.00000280. The van der Waals surface area contributed by atoms with Crippen LogP contribution in [0.3, 0.4) is 0 Å². The first kappa shape index (κ1) is 21.9. The van der Waals surface area contributed by atoms with Gasteiger partial charge in [-0.3, -0.25) is 0 Å². The third-order valence-electron chi connectivity index (χ3n) is 4.45. The van der Waals surface area contributed by atoms with E-state index >= 15 is 0 Å². The quantitative estimate of drug-likeness (QED) is 0.273. The predicted molar refractivity (Wildman–Crippen MR) is 127 cm³/mol. The number of aryl methyl sites for hydroxylation is 1. The summed E-state index contributed by atoms with van der Waals surface area (Å²) in [6.45, 7) is 2.18. The van der Waals surface area contributed by atoms with Gasteiger partial charge in [0, 0.05) is 12.1 Å². The number of aliphatic imine (C=N–C) groups is 1. The molecule has 1 atom stereocenters. The van der Waals surface area contributed by atoms with Gasteiger partial charge in [-0.15, -0.1) is 24.0 Å². The third-order valence-corrected chi connectivity index (χ3v) is 4.45. The zero-order valence-electron chi connectivity index (χ0n) is 15.9. The summed E-state index contributed by atoms with van der Waals surface area (Å²) in [5.74, 6) is 0.281. The molecule has 3 rings (SSSR count). The van der Waals surface area contributed by atoms with Crippen LogP contribution in [-0.4, -0.2) is 17.6 Å². The molecule has 146 valence electrons. The average Bonchev–Trinajstić information content (AvgIpc) is 2.68. The average molecular weight is 487 g/mol. The number of hydrogen-bond donors (Lipinski definition) is 3. The summed E-state index contributed by atoms with van der Waals surface area (Å²) in [6, 6.07) is 27.4. The van der Waals surface area contributed by atoms with Gasteiger partial charge in [-0.25, -0.2) is 4.99 Å². The van der Waals surface area contributed by atoms with Crippen molar-refractivity contribution in [2.75, 3.05) is 11.9 Å². The Morgan fingerprint density at radius 2 is 1.61 bits per heavy atom. The molecule has 0 fully saturated rings. The summed E-state index contributed by atoms with van der Waals surface area (Å²) in [7, 11) is 0. The predicted octanol–water partition coefficient (Wildman–Crippen LogP) is 4.47. The number of nitrogens with zero attached hydrogens (tertiary/aromatic N) is 1. The van der Waals surface area contributed by atoms with Crippen molar-refractivity contribution in [3.05, 3.63) is 102 Å². The fourth-order valence-electron chi connectivity index (χ4n) is 3.06. The molecule has 0 aliphatic carbocycles. The Labute approximate surface area is 183 Å². The molecule has 1 unspecified atom stereocenters. The maximum Gasteiger partial charge on any atom is 0.193 e. The van der Waals surface area contributed by atoms with Gasteiger partial charge in [0.25, 0.3) is 0 Å². The molecule has 0 saturated heterocycles. The van der Waals surface area contributed by atoms with E-state index in [9.17, 15) is 5.11 Å². The van der Waals surface area contributed by atoms with Crippen molar-refractivity contribution in [2.24, 2.45) is 10.7 Å². The van der Waals surface area contributed by atoms with Gasteiger partial charge >= 0.3 is 0 Å². The minimum absolute atomic E-state index is 0. The molecule has 0 aliphatic heterocycles. The topological polar surface area (TPSA) is 70.6 Å². The Bertz CT molecular complexity index is 900. The minimum atomic E-state index is -1.14. The molecule has 4 nitrogen and oxygen atoms in total. The lowest BCUT2D eigenvalue weighted by Gasteiger charge is -2.27. The van der Waals surface area contributed by atoms with Crippen LogP contribution >= 0.6 is 24.0 Å². The van der Waals surface area contributed by atoms with Crippen molar-refractivity contribution in [3.63, 3.8) is 0 Å². The summed E-state index contributed by atoms with van der Waals surface area (Å²) in [4.78, 5) is 4.43. The number of halogens is 1. The zero-order chi connectivity index (χ0) is 19.1. The van der Waals surface area contributed by atoms with Gasteiger partial charge in [-0.05, 0) is 35.7 Å². The number of rotatable bonds is 6. The van der Waals surface area contributed by atoms with Crippen molar-refractivity contribution in [3.8, 4) is 0 Å². The number of anilines is 1. The molecule has 0 saturated carbocycles. The van der Waals surface area contributed by atoms with Crippen molar-refractivity contribution in [2.45, 2.75) is 18.9 Å². The maximum atomic E-state index is 11.4. The number of nitrogens with one attached hydrogen (secondary N) is 1. The largest absolute Gasteiger partial charge is 0.383 e. The van der Waals surface area contributed by atoms with Crippen LogP contribution in [0.5, 0.6) is 0 Å². The molecule has 0 bridgehead atoms. The molecule has 0 spiro atoms. The molecule has 3 aromatic rings. The number of benzene rings is 3. The van der Waals surface area contributed by atoms with Crippen LogP contribution in [0, 0.1) is 6.92 Å². The van der Waals surface area contributed by atoms with E-state index in [4.69, 9.17) is 5.73 Å². The minimum Gasteiger partial charge on any atom is -0.383 e. The van der Waals surface area contributed by atoms with Crippen LogP contribution in [0.15, 0.2) is 89.9 Å². The zero-order valence-corrected chi connectivity index (χ0v) is 18.2. The molecule has 4 N–H and O–H groups in total. The van der Waals surface area contributed by atoms with E-state index in [0.29, 0.717) is 6.42 Å². The molecule has 28 heavy (non-hydrogen) atoms. The van der Waals surface area contributed by atoms with E-state index in [1.807, 2.05) is 91.9 Å². The summed E-state index contributed by atoms with van der Waals surface area (Å²) < 4.78 is 0. The third kappa shape index (κ3) is 6.07. The second kappa shape index (κ2) is 10.2. The highest BCUT2D eigenvalue weighted by atomic mass is 127. The maximum absolute atomic E-state index is 11.4. The molecular formula is C23H26IN3O. The van der Waals surface area contributed by atoms with E-state index < -0.39 is 5.60 Å². The van der Waals surface area contributed by atoms with E-state index in [1.54, 1.807) is 0 Å². The smallest absolute Gasteiger partial charge is 0.193 e. The van der Waals surface area contributed by atoms with Gasteiger partial charge in [0.2, 0.25) is 0 Å². The molecular weight excluding hydrogens is 461 g/mol. The van der Waals surface area contributed by atoms with Crippen LogP contribution in [0.25, 0.3) is 0 Å². The molecule has 0 radical (unpaired) electrons. The highest BCUT2D eigenvalue weighted by Gasteiger charge is 2.29. The van der Waals surface area contributed by atoms with Crippen LogP contribution in [0.4, 0.5) is 5.69 Å². The van der Waals surface area contributed by atoms with E-state index in [-0.39, 0.29) is 36.5 Å². The summed E-state index contributed by atoms with van der Waals surface area (Å²) in [5, 5.41) is 14.5. The number of hydrogen-bond acceptors (Lipinski definition) is 2. The van der Waals surface area contributed by atoms with Crippen molar-refractivity contribution in [1.29, 1.82) is 0 Å². The number of nitrogens with two attached hydrogens (primary N) is 1. The fourth-order valence-corrected chi connectivity index (χ4v) is 3.06. The second-order valence-corrected chi connectivity index (χ2v) is 6.76. The SMILES string of the molecule is Cc1cccc(NC(N)=NCC(O)(Cc2ccccc2)c2ccccc2)c1.I. The summed E-state index contributed by atoms with van der Waals surface area (Å²) in [6.07, 6.45) is 0.457.